The highest BCUT2D eigenvalue weighted by Crippen LogP contribution is 2.23. The molecule has 0 radical (unpaired) electrons. The number of halogens is 1. The molecule has 1 aromatic heterocycles. The minimum Gasteiger partial charge on any atom is -0.340 e. The van der Waals surface area contributed by atoms with Crippen LogP contribution in [0, 0.1) is 6.92 Å². The van der Waals surface area contributed by atoms with E-state index in [1.165, 1.54) is 11.1 Å². The summed E-state index contributed by atoms with van der Waals surface area (Å²) >= 11 is 3.46. The van der Waals surface area contributed by atoms with Gasteiger partial charge in [-0.1, -0.05) is 42.5 Å². The van der Waals surface area contributed by atoms with Gasteiger partial charge in [0.1, 0.15) is 5.82 Å². The maximum absolute atomic E-state index is 4.49. The number of hydrogen-bond acceptors (Lipinski definition) is 2. The van der Waals surface area contributed by atoms with Gasteiger partial charge < -0.3 is 5.32 Å². The van der Waals surface area contributed by atoms with Crippen LogP contribution in [0.15, 0.2) is 71.2 Å². The quantitative estimate of drug-likeness (QED) is 0.675. The Hall–Kier alpha value is -2.13. The summed E-state index contributed by atoms with van der Waals surface area (Å²) in [7, 11) is 0. The molecule has 0 atom stereocenters. The average Bonchev–Trinajstić information content (AvgIpc) is 2.53. The number of hydrogen-bond donors (Lipinski definition) is 1. The van der Waals surface area contributed by atoms with Crippen LogP contribution in [-0.2, 0) is 0 Å². The first-order valence-electron chi connectivity index (χ1n) is 6.78. The number of nitrogens with zero attached hydrogens (tertiary/aromatic N) is 1. The fourth-order valence-corrected chi connectivity index (χ4v) is 2.36. The SMILES string of the molecule is Cc1nc(Nc2ccc(-c3ccccc3)cc2)ccc1Br. The standard InChI is InChI=1S/C18H15BrN2/c1-13-17(19)11-12-18(20-13)21-16-9-7-15(8-10-16)14-5-3-2-4-6-14/h2-12H,1H3,(H,20,21). The second-order valence-corrected chi connectivity index (χ2v) is 5.69. The molecule has 0 bridgehead atoms. The average molecular weight is 339 g/mol. The molecule has 0 aliphatic rings. The predicted octanol–water partition coefficient (Wildman–Crippen LogP) is 5.56. The van der Waals surface area contributed by atoms with Gasteiger partial charge in [0, 0.05) is 10.2 Å². The zero-order chi connectivity index (χ0) is 14.7. The molecule has 0 aliphatic carbocycles. The van der Waals surface area contributed by atoms with Crippen molar-refractivity contribution in [3.05, 3.63) is 76.9 Å². The molecular formula is C18H15BrN2. The molecule has 0 unspecified atom stereocenters. The molecule has 21 heavy (non-hydrogen) atoms. The first kappa shape index (κ1) is 13.8. The van der Waals surface area contributed by atoms with E-state index in [9.17, 15) is 0 Å². The Labute approximate surface area is 133 Å². The van der Waals surface area contributed by atoms with Crippen molar-refractivity contribution in [2.75, 3.05) is 5.32 Å². The van der Waals surface area contributed by atoms with E-state index in [4.69, 9.17) is 0 Å². The maximum atomic E-state index is 4.49. The topological polar surface area (TPSA) is 24.9 Å². The zero-order valence-corrected chi connectivity index (χ0v) is 13.3. The Morgan fingerprint density at radius 1 is 0.810 bits per heavy atom. The Kier molecular flexibility index (Phi) is 4.02. The van der Waals surface area contributed by atoms with Gasteiger partial charge in [0.15, 0.2) is 0 Å². The summed E-state index contributed by atoms with van der Waals surface area (Å²) in [6, 6.07) is 22.7. The minimum absolute atomic E-state index is 0.850. The molecule has 2 aromatic carbocycles. The van der Waals surface area contributed by atoms with E-state index in [-0.39, 0.29) is 0 Å². The first-order valence-corrected chi connectivity index (χ1v) is 7.57. The van der Waals surface area contributed by atoms with Gasteiger partial charge in [-0.2, -0.15) is 0 Å². The highest BCUT2D eigenvalue weighted by atomic mass is 79.9. The number of aromatic nitrogens is 1. The van der Waals surface area contributed by atoms with Crippen molar-refractivity contribution in [1.29, 1.82) is 0 Å². The zero-order valence-electron chi connectivity index (χ0n) is 11.7. The molecule has 3 heteroatoms. The third-order valence-corrected chi connectivity index (χ3v) is 4.12. The van der Waals surface area contributed by atoms with Gasteiger partial charge in [0.05, 0.1) is 5.69 Å². The van der Waals surface area contributed by atoms with Crippen molar-refractivity contribution in [1.82, 2.24) is 4.98 Å². The van der Waals surface area contributed by atoms with E-state index >= 15 is 0 Å². The van der Waals surface area contributed by atoms with E-state index in [1.54, 1.807) is 0 Å². The van der Waals surface area contributed by atoms with Crippen LogP contribution in [0.4, 0.5) is 11.5 Å². The van der Waals surface area contributed by atoms with E-state index in [2.05, 4.69) is 74.8 Å². The molecule has 0 aliphatic heterocycles. The molecule has 0 saturated heterocycles. The second kappa shape index (κ2) is 6.10. The molecular weight excluding hydrogens is 324 g/mol. The molecule has 3 rings (SSSR count). The molecule has 2 nitrogen and oxygen atoms in total. The highest BCUT2D eigenvalue weighted by Gasteiger charge is 2.01. The molecule has 0 saturated carbocycles. The first-order chi connectivity index (χ1) is 10.2. The van der Waals surface area contributed by atoms with Crippen molar-refractivity contribution >= 4 is 27.4 Å². The summed E-state index contributed by atoms with van der Waals surface area (Å²) in [5.74, 6) is 0.850. The highest BCUT2D eigenvalue weighted by molar-refractivity contribution is 9.10. The van der Waals surface area contributed by atoms with Gasteiger partial charge in [-0.25, -0.2) is 4.98 Å². The maximum Gasteiger partial charge on any atom is 0.130 e. The van der Waals surface area contributed by atoms with Gasteiger partial charge in [0.2, 0.25) is 0 Å². The number of pyridine rings is 1. The number of anilines is 2. The molecule has 104 valence electrons. The number of aryl methyl sites for hydroxylation is 1. The predicted molar refractivity (Wildman–Crippen MR) is 91.8 cm³/mol. The molecule has 0 spiro atoms. The Bertz CT molecular complexity index is 737. The molecule has 0 amide bonds. The molecule has 1 N–H and O–H groups in total. The summed E-state index contributed by atoms with van der Waals surface area (Å²) < 4.78 is 1.02. The fourth-order valence-electron chi connectivity index (χ4n) is 2.14. The lowest BCUT2D eigenvalue weighted by molar-refractivity contribution is 1.18. The van der Waals surface area contributed by atoms with Crippen molar-refractivity contribution < 1.29 is 0 Å². The number of rotatable bonds is 3. The van der Waals surface area contributed by atoms with E-state index in [0.717, 1.165) is 21.7 Å². The van der Waals surface area contributed by atoms with E-state index in [0.29, 0.717) is 0 Å². The van der Waals surface area contributed by atoms with Gasteiger partial charge >= 0.3 is 0 Å². The van der Waals surface area contributed by atoms with Gasteiger partial charge in [-0.3, -0.25) is 0 Å². The monoisotopic (exact) mass is 338 g/mol. The van der Waals surface area contributed by atoms with E-state index in [1.807, 2.05) is 25.1 Å². The van der Waals surface area contributed by atoms with Crippen LogP contribution >= 0.6 is 15.9 Å². The van der Waals surface area contributed by atoms with Crippen LogP contribution in [-0.4, -0.2) is 4.98 Å². The van der Waals surface area contributed by atoms with Gasteiger partial charge in [-0.15, -0.1) is 0 Å². The molecule has 1 heterocycles. The Balaban J connectivity index is 1.80. The largest absolute Gasteiger partial charge is 0.340 e. The second-order valence-electron chi connectivity index (χ2n) is 4.83. The van der Waals surface area contributed by atoms with Crippen LogP contribution in [0.5, 0.6) is 0 Å². The Morgan fingerprint density at radius 3 is 2.14 bits per heavy atom. The lowest BCUT2D eigenvalue weighted by Crippen LogP contribution is -1.95. The fraction of sp³-hybridized carbons (Fsp3) is 0.0556. The minimum atomic E-state index is 0.850. The summed E-state index contributed by atoms with van der Waals surface area (Å²) in [6.45, 7) is 1.98. The van der Waals surface area contributed by atoms with Crippen LogP contribution in [0.1, 0.15) is 5.69 Å². The molecule has 3 aromatic rings. The van der Waals surface area contributed by atoms with Crippen LogP contribution in [0.2, 0.25) is 0 Å². The summed E-state index contributed by atoms with van der Waals surface area (Å²) in [6.07, 6.45) is 0. The normalized spacial score (nSPS) is 10.4. The van der Waals surface area contributed by atoms with Crippen molar-refractivity contribution in [2.24, 2.45) is 0 Å². The third-order valence-electron chi connectivity index (χ3n) is 3.29. The van der Waals surface area contributed by atoms with Crippen LogP contribution < -0.4 is 5.32 Å². The lowest BCUT2D eigenvalue weighted by atomic mass is 10.1. The van der Waals surface area contributed by atoms with E-state index < -0.39 is 0 Å². The van der Waals surface area contributed by atoms with Crippen molar-refractivity contribution in [3.63, 3.8) is 0 Å². The van der Waals surface area contributed by atoms with Crippen molar-refractivity contribution in [3.8, 4) is 11.1 Å². The number of nitrogens with one attached hydrogen (secondary N) is 1. The van der Waals surface area contributed by atoms with Crippen molar-refractivity contribution in [2.45, 2.75) is 6.92 Å². The Morgan fingerprint density at radius 2 is 1.48 bits per heavy atom. The summed E-state index contributed by atoms with van der Waals surface area (Å²) in [4.78, 5) is 4.49. The van der Waals surface area contributed by atoms with Gasteiger partial charge in [-0.05, 0) is 58.2 Å². The summed E-state index contributed by atoms with van der Waals surface area (Å²) in [5.41, 5.74) is 4.44. The molecule has 0 fully saturated rings. The third kappa shape index (κ3) is 3.31. The number of benzene rings is 2. The lowest BCUT2D eigenvalue weighted by Gasteiger charge is -2.08. The van der Waals surface area contributed by atoms with Crippen LogP contribution in [0.25, 0.3) is 11.1 Å². The smallest absolute Gasteiger partial charge is 0.130 e. The van der Waals surface area contributed by atoms with Gasteiger partial charge in [0.25, 0.3) is 0 Å². The summed E-state index contributed by atoms with van der Waals surface area (Å²) in [5, 5.41) is 3.32. The van der Waals surface area contributed by atoms with Crippen LogP contribution in [0.3, 0.4) is 0 Å².